The molecule has 4 aliphatic rings. The van der Waals surface area contributed by atoms with Crippen LogP contribution >= 0.6 is 0 Å². The molecule has 3 saturated carbocycles. The molecule has 1 N–H and O–H groups in total. The molecule has 0 radical (unpaired) electrons. The van der Waals surface area contributed by atoms with Gasteiger partial charge in [0.2, 0.25) is 0 Å². The van der Waals surface area contributed by atoms with Crippen LogP contribution in [0.1, 0.15) is 79.1 Å². The van der Waals surface area contributed by atoms with E-state index in [4.69, 9.17) is 4.74 Å². The first kappa shape index (κ1) is 18.5. The molecule has 0 unspecified atom stereocenters. The predicted octanol–water partition coefficient (Wildman–Crippen LogP) is 4.88. The molecule has 0 aliphatic heterocycles. The van der Waals surface area contributed by atoms with Gasteiger partial charge in [0.05, 0.1) is 6.10 Å². The largest absolute Gasteiger partial charge is 0.462 e. The molecule has 0 saturated heterocycles. The number of ether oxygens (including phenoxy) is 1. The number of esters is 1. The van der Waals surface area contributed by atoms with Crippen molar-refractivity contribution < 1.29 is 14.6 Å². The Balaban J connectivity index is 1.58. The zero-order valence-corrected chi connectivity index (χ0v) is 17.0. The highest BCUT2D eigenvalue weighted by atomic mass is 16.5. The lowest BCUT2D eigenvalue weighted by molar-refractivity contribution is -0.148. The molecule has 0 aromatic carbocycles. The summed E-state index contributed by atoms with van der Waals surface area (Å²) >= 11 is 0. The Morgan fingerprint density at radius 3 is 2.65 bits per heavy atom. The Bertz CT molecular complexity index is 609. The van der Waals surface area contributed by atoms with Gasteiger partial charge in [-0.2, -0.15) is 0 Å². The third kappa shape index (κ3) is 2.68. The molecule has 3 nitrogen and oxygen atoms in total. The second-order valence-corrected chi connectivity index (χ2v) is 10.2. The SMILES string of the molecule is CC(=O)O[C@H]1CC[C@@]2(C)C(=CC[C@@H]3[C@H]4CC[C@@H]([C@H](C)O)[C@@]4(C)CC[C@H]32)C1. The van der Waals surface area contributed by atoms with Gasteiger partial charge in [0.25, 0.3) is 0 Å². The molecule has 26 heavy (non-hydrogen) atoms. The van der Waals surface area contributed by atoms with Gasteiger partial charge in [0.1, 0.15) is 6.10 Å². The average Bonchev–Trinajstić information content (AvgIpc) is 2.92. The van der Waals surface area contributed by atoms with Crippen molar-refractivity contribution in [3.8, 4) is 0 Å². The second kappa shape index (κ2) is 6.36. The van der Waals surface area contributed by atoms with Crippen molar-refractivity contribution in [2.24, 2.45) is 34.5 Å². The van der Waals surface area contributed by atoms with Crippen LogP contribution in [0.25, 0.3) is 0 Å². The summed E-state index contributed by atoms with van der Waals surface area (Å²) in [4.78, 5) is 11.4. The van der Waals surface area contributed by atoms with Gasteiger partial charge < -0.3 is 9.84 Å². The summed E-state index contributed by atoms with van der Waals surface area (Å²) < 4.78 is 5.54. The van der Waals surface area contributed by atoms with Gasteiger partial charge in [-0.15, -0.1) is 0 Å². The highest BCUT2D eigenvalue weighted by molar-refractivity contribution is 5.66. The third-order valence-corrected chi connectivity index (χ3v) is 9.05. The summed E-state index contributed by atoms with van der Waals surface area (Å²) in [7, 11) is 0. The van der Waals surface area contributed by atoms with E-state index in [9.17, 15) is 9.90 Å². The van der Waals surface area contributed by atoms with Crippen molar-refractivity contribution in [3.63, 3.8) is 0 Å². The van der Waals surface area contributed by atoms with Crippen LogP contribution in [0.15, 0.2) is 11.6 Å². The van der Waals surface area contributed by atoms with Crippen LogP contribution in [0.3, 0.4) is 0 Å². The van der Waals surface area contributed by atoms with Gasteiger partial charge >= 0.3 is 5.97 Å². The number of hydrogen-bond donors (Lipinski definition) is 1. The van der Waals surface area contributed by atoms with Crippen LogP contribution in [-0.2, 0) is 9.53 Å². The maximum atomic E-state index is 11.4. The minimum absolute atomic E-state index is 0.0864. The summed E-state index contributed by atoms with van der Waals surface area (Å²) in [6.07, 6.45) is 11.8. The number of hydrogen-bond acceptors (Lipinski definition) is 3. The molecule has 0 bridgehead atoms. The topological polar surface area (TPSA) is 46.5 Å². The zero-order valence-electron chi connectivity index (χ0n) is 17.0. The normalized spacial score (nSPS) is 48.7. The molecular formula is C23H36O3. The maximum Gasteiger partial charge on any atom is 0.302 e. The first-order chi connectivity index (χ1) is 12.3. The van der Waals surface area contributed by atoms with Crippen molar-refractivity contribution in [1.82, 2.24) is 0 Å². The van der Waals surface area contributed by atoms with E-state index in [-0.39, 0.29) is 18.2 Å². The monoisotopic (exact) mass is 360 g/mol. The fourth-order valence-electron chi connectivity index (χ4n) is 7.80. The Morgan fingerprint density at radius 1 is 1.19 bits per heavy atom. The van der Waals surface area contributed by atoms with Crippen molar-refractivity contribution >= 4 is 5.97 Å². The van der Waals surface area contributed by atoms with Crippen LogP contribution < -0.4 is 0 Å². The number of aliphatic hydroxyl groups is 1. The van der Waals surface area contributed by atoms with E-state index >= 15 is 0 Å². The second-order valence-electron chi connectivity index (χ2n) is 10.2. The summed E-state index contributed by atoms with van der Waals surface area (Å²) in [6.45, 7) is 8.49. The number of fused-ring (bicyclic) bond motifs is 5. The van der Waals surface area contributed by atoms with E-state index in [1.807, 2.05) is 6.92 Å². The van der Waals surface area contributed by atoms with E-state index in [0.717, 1.165) is 37.0 Å². The Morgan fingerprint density at radius 2 is 1.96 bits per heavy atom. The minimum Gasteiger partial charge on any atom is -0.462 e. The third-order valence-electron chi connectivity index (χ3n) is 9.05. The van der Waals surface area contributed by atoms with Crippen LogP contribution in [0, 0.1) is 34.5 Å². The predicted molar refractivity (Wildman–Crippen MR) is 102 cm³/mol. The summed E-state index contributed by atoms with van der Waals surface area (Å²) in [5, 5.41) is 10.3. The highest BCUT2D eigenvalue weighted by Crippen LogP contribution is 2.66. The van der Waals surface area contributed by atoms with Crippen LogP contribution in [0.2, 0.25) is 0 Å². The number of carbonyl (C=O) groups is 1. The van der Waals surface area contributed by atoms with Gasteiger partial charge in [-0.3, -0.25) is 4.79 Å². The quantitative estimate of drug-likeness (QED) is 0.564. The number of allylic oxidation sites excluding steroid dienone is 1. The van der Waals surface area contributed by atoms with Gasteiger partial charge in [0, 0.05) is 13.3 Å². The lowest BCUT2D eigenvalue weighted by Gasteiger charge is -2.58. The molecular weight excluding hydrogens is 324 g/mol. The average molecular weight is 361 g/mol. The van der Waals surface area contributed by atoms with Gasteiger partial charge in [-0.1, -0.05) is 25.5 Å². The van der Waals surface area contributed by atoms with Crippen LogP contribution in [0.4, 0.5) is 0 Å². The minimum atomic E-state index is -0.175. The summed E-state index contributed by atoms with van der Waals surface area (Å²) in [5.41, 5.74) is 2.18. The zero-order chi connectivity index (χ0) is 18.7. The van der Waals surface area contributed by atoms with Crippen LogP contribution in [-0.4, -0.2) is 23.3 Å². The molecule has 0 heterocycles. The Hall–Kier alpha value is -0.830. The molecule has 8 atom stereocenters. The molecule has 4 rings (SSSR count). The maximum absolute atomic E-state index is 11.4. The smallest absolute Gasteiger partial charge is 0.302 e. The van der Waals surface area contributed by atoms with Gasteiger partial charge in [0.15, 0.2) is 0 Å². The van der Waals surface area contributed by atoms with Crippen molar-refractivity contribution in [3.05, 3.63) is 11.6 Å². The van der Waals surface area contributed by atoms with Crippen molar-refractivity contribution in [1.29, 1.82) is 0 Å². The van der Waals surface area contributed by atoms with Gasteiger partial charge in [-0.25, -0.2) is 0 Å². The van der Waals surface area contributed by atoms with E-state index < -0.39 is 0 Å². The van der Waals surface area contributed by atoms with Gasteiger partial charge in [-0.05, 0) is 86.4 Å². The first-order valence-corrected chi connectivity index (χ1v) is 10.8. The summed E-state index contributed by atoms with van der Waals surface area (Å²) in [5.74, 6) is 2.65. The molecule has 0 spiro atoms. The molecule has 146 valence electrons. The Kier molecular flexibility index (Phi) is 4.53. The fraction of sp³-hybridized carbons (Fsp3) is 0.870. The molecule has 0 aromatic heterocycles. The van der Waals surface area contributed by atoms with Crippen LogP contribution in [0.5, 0.6) is 0 Å². The first-order valence-electron chi connectivity index (χ1n) is 10.8. The fourth-order valence-corrected chi connectivity index (χ4v) is 7.80. The standard InChI is InChI=1S/C23H36O3/c1-14(24)19-7-8-20-18-6-5-16-13-17(26-15(2)25)9-11-22(16,3)21(18)10-12-23(19,20)4/h5,14,17-21,24H,6-13H2,1-4H3/t14-,17-,18+,19-,20+,21+,22-,23+/m0/s1. The lowest BCUT2D eigenvalue weighted by atomic mass is 9.47. The summed E-state index contributed by atoms with van der Waals surface area (Å²) in [6, 6.07) is 0. The molecule has 3 fully saturated rings. The number of carbonyl (C=O) groups excluding carboxylic acids is 1. The Labute approximate surface area is 158 Å². The van der Waals surface area contributed by atoms with E-state index in [0.29, 0.717) is 16.7 Å². The number of rotatable bonds is 2. The lowest BCUT2D eigenvalue weighted by Crippen LogP contribution is -2.51. The van der Waals surface area contributed by atoms with Crippen molar-refractivity contribution in [2.45, 2.75) is 91.3 Å². The molecule has 0 aromatic rings. The van der Waals surface area contributed by atoms with E-state index in [1.165, 1.54) is 39.0 Å². The molecule has 4 aliphatic carbocycles. The van der Waals surface area contributed by atoms with Crippen molar-refractivity contribution in [2.75, 3.05) is 0 Å². The molecule has 3 heteroatoms. The highest BCUT2D eigenvalue weighted by Gasteiger charge is 2.59. The van der Waals surface area contributed by atoms with E-state index in [2.05, 4.69) is 19.9 Å². The van der Waals surface area contributed by atoms with E-state index in [1.54, 1.807) is 5.57 Å². The number of aliphatic hydroxyl groups excluding tert-OH is 1. The molecule has 0 amide bonds.